The van der Waals surface area contributed by atoms with Crippen LogP contribution in [0.3, 0.4) is 0 Å². The monoisotopic (exact) mass is 452 g/mol. The highest BCUT2D eigenvalue weighted by Gasteiger charge is 2.16. The normalized spacial score (nSPS) is 12.2. The minimum atomic E-state index is -0.305. The van der Waals surface area contributed by atoms with Gasteiger partial charge in [-0.2, -0.15) is 0 Å². The number of likely N-dealkylation sites (N-methyl/N-ethyl adjacent to an activating group) is 1. The first-order chi connectivity index (χ1) is 16.0. The lowest BCUT2D eigenvalue weighted by Crippen LogP contribution is -2.36. The third-order valence-electron chi connectivity index (χ3n) is 4.82. The van der Waals surface area contributed by atoms with Gasteiger partial charge in [-0.1, -0.05) is 18.7 Å². The number of benzene rings is 2. The molecule has 0 radical (unpaired) electrons. The number of rotatable bonds is 10. The van der Waals surface area contributed by atoms with Crippen molar-refractivity contribution in [3.8, 4) is 23.0 Å². The fourth-order valence-corrected chi connectivity index (χ4v) is 3.17. The van der Waals surface area contributed by atoms with Crippen LogP contribution >= 0.6 is 0 Å². The number of nitrogens with zero attached hydrogens (tertiary/aromatic N) is 1. The Hall–Kier alpha value is -3.94. The number of hydrogen-bond donors (Lipinski definition) is 1. The van der Waals surface area contributed by atoms with Crippen molar-refractivity contribution < 1.29 is 28.5 Å². The van der Waals surface area contributed by atoms with Gasteiger partial charge in [0.25, 0.3) is 0 Å². The SMILES string of the molecule is C=CCOc1ccc(/C=C/C(=O)N(CC)CC(=O)Nc2ccc3c(c2)OCCO3)cc1OC. The fourth-order valence-electron chi connectivity index (χ4n) is 3.17. The van der Waals surface area contributed by atoms with Gasteiger partial charge >= 0.3 is 0 Å². The lowest BCUT2D eigenvalue weighted by molar-refractivity contribution is -0.130. The van der Waals surface area contributed by atoms with Gasteiger partial charge < -0.3 is 29.2 Å². The van der Waals surface area contributed by atoms with Crippen molar-refractivity contribution >= 4 is 23.6 Å². The van der Waals surface area contributed by atoms with Crippen molar-refractivity contribution in [2.24, 2.45) is 0 Å². The maximum absolute atomic E-state index is 12.6. The van der Waals surface area contributed by atoms with Gasteiger partial charge in [0.05, 0.1) is 7.11 Å². The third-order valence-corrected chi connectivity index (χ3v) is 4.82. The van der Waals surface area contributed by atoms with Gasteiger partial charge in [0.1, 0.15) is 26.4 Å². The fraction of sp³-hybridized carbons (Fsp3) is 0.280. The molecule has 1 heterocycles. The molecule has 0 bridgehead atoms. The summed E-state index contributed by atoms with van der Waals surface area (Å²) < 4.78 is 21.9. The number of hydrogen-bond acceptors (Lipinski definition) is 6. The second-order valence-corrected chi connectivity index (χ2v) is 7.10. The van der Waals surface area contributed by atoms with E-state index >= 15 is 0 Å². The quantitative estimate of drug-likeness (QED) is 0.438. The molecule has 2 aromatic carbocycles. The summed E-state index contributed by atoms with van der Waals surface area (Å²) in [5.41, 5.74) is 1.34. The van der Waals surface area contributed by atoms with E-state index in [-0.39, 0.29) is 18.4 Å². The zero-order chi connectivity index (χ0) is 23.6. The van der Waals surface area contributed by atoms with Crippen molar-refractivity contribution in [3.05, 3.63) is 60.7 Å². The maximum atomic E-state index is 12.6. The molecule has 2 aromatic rings. The predicted octanol–water partition coefficient (Wildman–Crippen LogP) is 3.53. The first kappa shape index (κ1) is 23.7. The summed E-state index contributed by atoms with van der Waals surface area (Å²) in [6.07, 6.45) is 4.75. The highest BCUT2D eigenvalue weighted by atomic mass is 16.6. The van der Waals surface area contributed by atoms with Gasteiger partial charge in [-0.05, 0) is 42.8 Å². The van der Waals surface area contributed by atoms with Crippen LogP contribution in [0.4, 0.5) is 5.69 Å². The Morgan fingerprint density at radius 2 is 1.91 bits per heavy atom. The molecule has 0 fully saturated rings. The summed E-state index contributed by atoms with van der Waals surface area (Å²) in [5.74, 6) is 1.79. The van der Waals surface area contributed by atoms with Crippen molar-refractivity contribution in [2.75, 3.05) is 45.3 Å². The Kier molecular flexibility index (Phi) is 8.35. The van der Waals surface area contributed by atoms with Gasteiger partial charge in [-0.25, -0.2) is 0 Å². The molecule has 0 aromatic heterocycles. The molecule has 1 aliphatic heterocycles. The number of carbonyl (C=O) groups excluding carboxylic acids is 2. The number of methoxy groups -OCH3 is 1. The molecule has 0 aliphatic carbocycles. The van der Waals surface area contributed by atoms with E-state index in [9.17, 15) is 9.59 Å². The Labute approximate surface area is 193 Å². The molecule has 1 aliphatic rings. The number of nitrogens with one attached hydrogen (secondary N) is 1. The van der Waals surface area contributed by atoms with Crippen LogP contribution < -0.4 is 24.3 Å². The summed E-state index contributed by atoms with van der Waals surface area (Å²) in [7, 11) is 1.55. The van der Waals surface area contributed by atoms with Crippen LogP contribution in [0.5, 0.6) is 23.0 Å². The summed E-state index contributed by atoms with van der Waals surface area (Å²) in [6.45, 7) is 7.08. The smallest absolute Gasteiger partial charge is 0.247 e. The second-order valence-electron chi connectivity index (χ2n) is 7.10. The molecule has 0 saturated carbocycles. The van der Waals surface area contributed by atoms with Crippen molar-refractivity contribution in [3.63, 3.8) is 0 Å². The average Bonchev–Trinajstić information content (AvgIpc) is 2.84. The standard InChI is InChI=1S/C25H28N2O6/c1-4-12-31-20-9-6-18(15-22(20)30-3)7-11-25(29)27(5-2)17-24(28)26-19-8-10-21-23(16-19)33-14-13-32-21/h4,6-11,15-16H,1,5,12-14,17H2,2-3H3,(H,26,28)/b11-7+. The minimum Gasteiger partial charge on any atom is -0.493 e. The van der Waals surface area contributed by atoms with Gasteiger partial charge in [-0.15, -0.1) is 0 Å². The Morgan fingerprint density at radius 3 is 2.64 bits per heavy atom. The molecule has 8 nitrogen and oxygen atoms in total. The highest BCUT2D eigenvalue weighted by molar-refractivity contribution is 5.98. The van der Waals surface area contributed by atoms with Crippen LogP contribution in [0.15, 0.2) is 55.1 Å². The van der Waals surface area contributed by atoms with E-state index in [1.54, 1.807) is 49.6 Å². The third kappa shape index (κ3) is 6.52. The van der Waals surface area contributed by atoms with Crippen molar-refractivity contribution in [2.45, 2.75) is 6.92 Å². The van der Waals surface area contributed by atoms with Crippen LogP contribution in [-0.4, -0.2) is 56.7 Å². The van der Waals surface area contributed by atoms with E-state index in [2.05, 4.69) is 11.9 Å². The van der Waals surface area contributed by atoms with Gasteiger partial charge in [-0.3, -0.25) is 9.59 Å². The van der Waals surface area contributed by atoms with Gasteiger partial charge in [0.2, 0.25) is 11.8 Å². The molecule has 0 spiro atoms. The zero-order valence-corrected chi connectivity index (χ0v) is 18.8. The molecule has 33 heavy (non-hydrogen) atoms. The highest BCUT2D eigenvalue weighted by Crippen LogP contribution is 2.32. The molecule has 0 saturated heterocycles. The number of amides is 2. The molecule has 2 amide bonds. The molecule has 174 valence electrons. The van der Waals surface area contributed by atoms with Gasteiger partial charge in [0, 0.05) is 24.4 Å². The van der Waals surface area contributed by atoms with Crippen molar-refractivity contribution in [1.29, 1.82) is 0 Å². The minimum absolute atomic E-state index is 0.0776. The Bertz CT molecular complexity index is 1030. The van der Waals surface area contributed by atoms with E-state index in [4.69, 9.17) is 18.9 Å². The van der Waals surface area contributed by atoms with E-state index < -0.39 is 0 Å². The van der Waals surface area contributed by atoms with Crippen molar-refractivity contribution in [1.82, 2.24) is 4.90 Å². The first-order valence-corrected chi connectivity index (χ1v) is 10.6. The van der Waals surface area contributed by atoms with E-state index in [1.165, 1.54) is 11.0 Å². The molecule has 8 heteroatoms. The number of carbonyl (C=O) groups is 2. The van der Waals surface area contributed by atoms with E-state index in [0.717, 1.165) is 5.56 Å². The topological polar surface area (TPSA) is 86.3 Å². The number of ether oxygens (including phenoxy) is 4. The second kappa shape index (κ2) is 11.6. The summed E-state index contributed by atoms with van der Waals surface area (Å²) >= 11 is 0. The Balaban J connectivity index is 1.59. The molecular formula is C25H28N2O6. The summed E-state index contributed by atoms with van der Waals surface area (Å²) in [4.78, 5) is 26.6. The molecule has 0 unspecified atom stereocenters. The predicted molar refractivity (Wildman–Crippen MR) is 126 cm³/mol. The number of fused-ring (bicyclic) bond motifs is 1. The van der Waals surface area contributed by atoms with Gasteiger partial charge in [0.15, 0.2) is 23.0 Å². The van der Waals surface area contributed by atoms with Crippen LogP contribution in [-0.2, 0) is 9.59 Å². The van der Waals surface area contributed by atoms with Crippen LogP contribution in [0, 0.1) is 0 Å². The molecule has 0 atom stereocenters. The first-order valence-electron chi connectivity index (χ1n) is 10.6. The summed E-state index contributed by atoms with van der Waals surface area (Å²) in [5, 5.41) is 2.79. The Morgan fingerprint density at radius 1 is 1.12 bits per heavy atom. The van der Waals surface area contributed by atoms with Crippen LogP contribution in [0.2, 0.25) is 0 Å². The van der Waals surface area contributed by atoms with Crippen LogP contribution in [0.25, 0.3) is 6.08 Å². The average molecular weight is 453 g/mol. The molecular weight excluding hydrogens is 424 g/mol. The zero-order valence-electron chi connectivity index (χ0n) is 18.8. The molecule has 3 rings (SSSR count). The van der Waals surface area contributed by atoms with Crippen LogP contribution in [0.1, 0.15) is 12.5 Å². The van der Waals surface area contributed by atoms with E-state index in [1.807, 2.05) is 13.0 Å². The van der Waals surface area contributed by atoms with E-state index in [0.29, 0.717) is 55.1 Å². The molecule has 1 N–H and O–H groups in total. The largest absolute Gasteiger partial charge is 0.493 e. The lowest BCUT2D eigenvalue weighted by Gasteiger charge is -2.20. The summed E-state index contributed by atoms with van der Waals surface area (Å²) in [6, 6.07) is 10.5. The maximum Gasteiger partial charge on any atom is 0.247 e. The number of anilines is 1. The lowest BCUT2D eigenvalue weighted by atomic mass is 10.2.